The van der Waals surface area contributed by atoms with Gasteiger partial charge in [0.1, 0.15) is 6.33 Å². The second kappa shape index (κ2) is 10.9. The topological polar surface area (TPSA) is 63.1 Å². The second-order valence-electron chi connectivity index (χ2n) is 7.06. The third-order valence-electron chi connectivity index (χ3n) is 5.09. The van der Waals surface area contributed by atoms with Gasteiger partial charge < -0.3 is 5.32 Å². The third-order valence-corrected chi connectivity index (χ3v) is 6.03. The normalized spacial score (nSPS) is 12.1. The van der Waals surface area contributed by atoms with Crippen LogP contribution in [0.2, 0.25) is 0 Å². The van der Waals surface area contributed by atoms with Gasteiger partial charge in [-0.05, 0) is 37.7 Å². The molecule has 158 valence electrons. The van der Waals surface area contributed by atoms with E-state index in [0.717, 1.165) is 18.8 Å². The minimum Gasteiger partial charge on any atom is -0.353 e. The molecule has 7 heteroatoms. The lowest BCUT2D eigenvalue weighted by molar-refractivity contribution is -0.118. The van der Waals surface area contributed by atoms with Crippen LogP contribution in [0.1, 0.15) is 31.0 Å². The molecule has 3 rings (SSSR count). The van der Waals surface area contributed by atoms with Crippen molar-refractivity contribution >= 4 is 17.7 Å². The summed E-state index contributed by atoms with van der Waals surface area (Å²) in [5, 5.41) is 12.0. The van der Waals surface area contributed by atoms with Gasteiger partial charge in [0.25, 0.3) is 0 Å². The van der Waals surface area contributed by atoms with Crippen LogP contribution >= 0.6 is 11.8 Å². The number of nitrogens with one attached hydrogen (secondary N) is 1. The number of carbonyl (C=O) groups is 1. The zero-order valence-electron chi connectivity index (χ0n) is 17.8. The summed E-state index contributed by atoms with van der Waals surface area (Å²) in [7, 11) is 0. The molecule has 1 unspecified atom stereocenters. The van der Waals surface area contributed by atoms with Gasteiger partial charge in [0.15, 0.2) is 5.16 Å². The number of hydrogen-bond donors (Lipinski definition) is 1. The summed E-state index contributed by atoms with van der Waals surface area (Å²) in [4.78, 5) is 14.9. The molecule has 0 radical (unpaired) electrons. The summed E-state index contributed by atoms with van der Waals surface area (Å²) in [6.07, 6.45) is 1.68. The Morgan fingerprint density at radius 2 is 1.80 bits per heavy atom. The maximum absolute atomic E-state index is 12.6. The first-order chi connectivity index (χ1) is 14.6. The highest BCUT2D eigenvalue weighted by molar-refractivity contribution is 7.99. The number of hydrogen-bond acceptors (Lipinski definition) is 5. The molecule has 0 saturated carbocycles. The number of carbonyl (C=O) groups excluding carboxylic acids is 1. The van der Waals surface area contributed by atoms with E-state index >= 15 is 0 Å². The van der Waals surface area contributed by atoms with E-state index in [0.29, 0.717) is 17.5 Å². The Bertz CT molecular complexity index is 922. The Labute approximate surface area is 182 Å². The zero-order chi connectivity index (χ0) is 21.3. The standard InChI is InChI=1S/C23H29N5OS/c1-4-27(5-2)21(19-9-7-6-8-10-19)15-24-22(29)16-30-23-26-25-17-28(23)20-13-11-18(3)12-14-20/h6-14,17,21H,4-5,15-16H2,1-3H3,(H,24,29). The van der Waals surface area contributed by atoms with Crippen LogP contribution in [0.15, 0.2) is 66.1 Å². The molecule has 0 aliphatic heterocycles. The van der Waals surface area contributed by atoms with Gasteiger partial charge in [-0.25, -0.2) is 0 Å². The highest BCUT2D eigenvalue weighted by atomic mass is 32.2. The lowest BCUT2D eigenvalue weighted by Gasteiger charge is -2.30. The summed E-state index contributed by atoms with van der Waals surface area (Å²) in [6, 6.07) is 18.6. The van der Waals surface area contributed by atoms with E-state index in [1.165, 1.54) is 22.9 Å². The van der Waals surface area contributed by atoms with E-state index in [1.807, 2.05) is 47.0 Å². The van der Waals surface area contributed by atoms with E-state index in [4.69, 9.17) is 0 Å². The molecule has 1 heterocycles. The number of thioether (sulfide) groups is 1. The van der Waals surface area contributed by atoms with E-state index in [2.05, 4.69) is 53.3 Å². The molecule has 1 amide bonds. The highest BCUT2D eigenvalue weighted by Gasteiger charge is 2.19. The predicted molar refractivity (Wildman–Crippen MR) is 122 cm³/mol. The summed E-state index contributed by atoms with van der Waals surface area (Å²) >= 11 is 1.39. The first-order valence-corrected chi connectivity index (χ1v) is 11.3. The van der Waals surface area contributed by atoms with Gasteiger partial charge in [0.05, 0.1) is 11.8 Å². The average molecular weight is 424 g/mol. The van der Waals surface area contributed by atoms with Gasteiger partial charge in [-0.3, -0.25) is 14.3 Å². The van der Waals surface area contributed by atoms with E-state index in [-0.39, 0.29) is 11.9 Å². The zero-order valence-corrected chi connectivity index (χ0v) is 18.6. The minimum atomic E-state index is -0.00783. The van der Waals surface area contributed by atoms with Crippen LogP contribution in [0.3, 0.4) is 0 Å². The Hall–Kier alpha value is -2.64. The van der Waals surface area contributed by atoms with Crippen LogP contribution in [-0.4, -0.2) is 51.0 Å². The Kier molecular flexibility index (Phi) is 8.04. The number of amides is 1. The summed E-state index contributed by atoms with van der Waals surface area (Å²) in [5.41, 5.74) is 3.40. The molecular weight excluding hydrogens is 394 g/mol. The quantitative estimate of drug-likeness (QED) is 0.502. The lowest BCUT2D eigenvalue weighted by atomic mass is 10.1. The monoisotopic (exact) mass is 423 g/mol. The van der Waals surface area contributed by atoms with Gasteiger partial charge in [-0.1, -0.05) is 73.6 Å². The van der Waals surface area contributed by atoms with Crippen molar-refractivity contribution in [2.45, 2.75) is 32.0 Å². The van der Waals surface area contributed by atoms with Crippen molar-refractivity contribution in [2.24, 2.45) is 0 Å². The molecule has 1 atom stereocenters. The van der Waals surface area contributed by atoms with Crippen LogP contribution in [-0.2, 0) is 4.79 Å². The minimum absolute atomic E-state index is 0.00783. The van der Waals surface area contributed by atoms with Crippen LogP contribution in [0.5, 0.6) is 0 Å². The molecule has 1 aromatic heterocycles. The van der Waals surface area contributed by atoms with Gasteiger partial charge in [-0.2, -0.15) is 0 Å². The fraction of sp³-hybridized carbons (Fsp3) is 0.348. The van der Waals surface area contributed by atoms with Gasteiger partial charge >= 0.3 is 0 Å². The van der Waals surface area contributed by atoms with E-state index < -0.39 is 0 Å². The van der Waals surface area contributed by atoms with Gasteiger partial charge in [0, 0.05) is 12.2 Å². The smallest absolute Gasteiger partial charge is 0.230 e. The number of nitrogens with zero attached hydrogens (tertiary/aromatic N) is 4. The molecule has 6 nitrogen and oxygen atoms in total. The fourth-order valence-electron chi connectivity index (χ4n) is 3.39. The molecular formula is C23H29N5OS. The van der Waals surface area contributed by atoms with E-state index in [1.54, 1.807) is 6.33 Å². The summed E-state index contributed by atoms with van der Waals surface area (Å²) < 4.78 is 1.90. The van der Waals surface area contributed by atoms with Crippen LogP contribution in [0, 0.1) is 6.92 Å². The summed E-state index contributed by atoms with van der Waals surface area (Å²) in [5.74, 6) is 0.288. The maximum atomic E-state index is 12.6. The second-order valence-corrected chi connectivity index (χ2v) is 8.00. The molecule has 3 aromatic rings. The van der Waals surface area contributed by atoms with Crippen molar-refractivity contribution in [3.63, 3.8) is 0 Å². The van der Waals surface area contributed by atoms with Crippen LogP contribution in [0.25, 0.3) is 5.69 Å². The predicted octanol–water partition coefficient (Wildman–Crippen LogP) is 3.87. The maximum Gasteiger partial charge on any atom is 0.230 e. The number of aryl methyl sites for hydroxylation is 1. The first-order valence-electron chi connectivity index (χ1n) is 10.3. The Morgan fingerprint density at radius 3 is 2.47 bits per heavy atom. The summed E-state index contributed by atoms with van der Waals surface area (Å²) in [6.45, 7) is 8.79. The third kappa shape index (κ3) is 5.70. The Morgan fingerprint density at radius 1 is 1.10 bits per heavy atom. The largest absolute Gasteiger partial charge is 0.353 e. The SMILES string of the molecule is CCN(CC)C(CNC(=O)CSc1nncn1-c1ccc(C)cc1)c1ccccc1. The average Bonchev–Trinajstić information content (AvgIpc) is 3.25. The Balaban J connectivity index is 1.59. The molecule has 30 heavy (non-hydrogen) atoms. The van der Waals surface area contributed by atoms with Crippen LogP contribution < -0.4 is 5.32 Å². The van der Waals surface area contributed by atoms with Crippen molar-refractivity contribution < 1.29 is 4.79 Å². The van der Waals surface area contributed by atoms with E-state index in [9.17, 15) is 4.79 Å². The van der Waals surface area contributed by atoms with Gasteiger partial charge in [-0.15, -0.1) is 10.2 Å². The molecule has 0 fully saturated rings. The molecule has 0 bridgehead atoms. The lowest BCUT2D eigenvalue weighted by Crippen LogP contribution is -2.38. The number of rotatable bonds is 10. The molecule has 0 aliphatic rings. The highest BCUT2D eigenvalue weighted by Crippen LogP contribution is 2.21. The van der Waals surface area contributed by atoms with Crippen molar-refractivity contribution in [1.29, 1.82) is 0 Å². The van der Waals surface area contributed by atoms with Gasteiger partial charge in [0.2, 0.25) is 5.91 Å². The first kappa shape index (κ1) is 22.1. The number of benzene rings is 2. The van der Waals surface area contributed by atoms with Crippen molar-refractivity contribution in [3.8, 4) is 5.69 Å². The number of likely N-dealkylation sites (N-methyl/N-ethyl adjacent to an activating group) is 1. The molecule has 0 aliphatic carbocycles. The number of aromatic nitrogens is 3. The van der Waals surface area contributed by atoms with Crippen LogP contribution in [0.4, 0.5) is 0 Å². The molecule has 0 saturated heterocycles. The molecule has 1 N–H and O–H groups in total. The van der Waals surface area contributed by atoms with Crippen molar-refractivity contribution in [2.75, 3.05) is 25.4 Å². The molecule has 0 spiro atoms. The fourth-order valence-corrected chi connectivity index (χ4v) is 4.15. The van der Waals surface area contributed by atoms with Crippen molar-refractivity contribution in [1.82, 2.24) is 25.0 Å². The van der Waals surface area contributed by atoms with Crippen molar-refractivity contribution in [3.05, 3.63) is 72.1 Å². The molecule has 2 aromatic carbocycles.